The highest BCUT2D eigenvalue weighted by atomic mass is 35.5. The van der Waals surface area contributed by atoms with E-state index in [0.717, 1.165) is 11.1 Å². The fourth-order valence-corrected chi connectivity index (χ4v) is 4.53. The van der Waals surface area contributed by atoms with E-state index < -0.39 is 6.04 Å². The van der Waals surface area contributed by atoms with Crippen LogP contribution in [0.5, 0.6) is 17.2 Å². The van der Waals surface area contributed by atoms with Gasteiger partial charge in [-0.15, -0.1) is 0 Å². The van der Waals surface area contributed by atoms with E-state index in [4.69, 9.17) is 25.8 Å². The van der Waals surface area contributed by atoms with Crippen molar-refractivity contribution < 1.29 is 19.0 Å². The molecule has 2 heterocycles. The van der Waals surface area contributed by atoms with E-state index in [2.05, 4.69) is 20.7 Å². The quantitative estimate of drug-likeness (QED) is 0.311. The summed E-state index contributed by atoms with van der Waals surface area (Å²) in [4.78, 5) is 18.1. The lowest BCUT2D eigenvalue weighted by Gasteiger charge is -2.29. The Bertz CT molecular complexity index is 1520. The number of hydrogen-bond acceptors (Lipinski definition) is 7. The van der Waals surface area contributed by atoms with Crippen LogP contribution in [0.25, 0.3) is 0 Å². The van der Waals surface area contributed by atoms with Crippen molar-refractivity contribution in [2.24, 2.45) is 0 Å². The molecule has 0 saturated carbocycles. The molecule has 1 amide bonds. The Morgan fingerprint density at radius 3 is 2.68 bits per heavy atom. The van der Waals surface area contributed by atoms with Gasteiger partial charge in [0.2, 0.25) is 5.95 Å². The summed E-state index contributed by atoms with van der Waals surface area (Å²) in [5.74, 6) is 1.96. The summed E-state index contributed by atoms with van der Waals surface area (Å²) in [6.45, 7) is 2.15. The summed E-state index contributed by atoms with van der Waals surface area (Å²) >= 11 is 6.29. The highest BCUT2D eigenvalue weighted by Gasteiger charge is 2.34. The lowest BCUT2D eigenvalue weighted by atomic mass is 9.94. The Balaban J connectivity index is 1.47. The average molecular weight is 532 g/mol. The standard InChI is InChI=1S/C28H26ClN5O4/c1-17-25(27(35)33-23-12-11-20(36-2)14-24(23)37-3)26(34-28(32-17)30-16-31-34)18-8-6-9-21(13-18)38-15-19-7-4-5-10-22(19)29/h4-14,16,26H,15H2,1-3H3,(H,33,35)(H,30,31,32)/t26-/m1/s1. The number of methoxy groups -OCH3 is 2. The van der Waals surface area contributed by atoms with E-state index in [9.17, 15) is 4.79 Å². The Kier molecular flexibility index (Phi) is 7.19. The van der Waals surface area contributed by atoms with E-state index in [1.807, 2.05) is 55.5 Å². The number of ether oxygens (including phenoxy) is 3. The van der Waals surface area contributed by atoms with Gasteiger partial charge in [0.05, 0.1) is 25.5 Å². The van der Waals surface area contributed by atoms with Gasteiger partial charge in [-0.3, -0.25) is 4.79 Å². The minimum absolute atomic E-state index is 0.309. The molecule has 5 rings (SSSR count). The summed E-state index contributed by atoms with van der Waals surface area (Å²) in [5, 5.41) is 11.2. The van der Waals surface area contributed by atoms with Crippen molar-refractivity contribution in [2.75, 3.05) is 24.9 Å². The highest BCUT2D eigenvalue weighted by Crippen LogP contribution is 2.37. The van der Waals surface area contributed by atoms with Gasteiger partial charge in [-0.1, -0.05) is 41.9 Å². The Labute approximate surface area is 225 Å². The number of fused-ring (bicyclic) bond motifs is 1. The Morgan fingerprint density at radius 2 is 1.89 bits per heavy atom. The van der Waals surface area contributed by atoms with Crippen molar-refractivity contribution in [3.63, 3.8) is 0 Å². The van der Waals surface area contributed by atoms with Crippen LogP contribution in [-0.2, 0) is 11.4 Å². The van der Waals surface area contributed by atoms with Gasteiger partial charge >= 0.3 is 0 Å². The van der Waals surface area contributed by atoms with E-state index >= 15 is 0 Å². The SMILES string of the molecule is COc1ccc(NC(=O)C2=C(C)Nc3ncnn3[C@@H]2c2cccc(OCc3ccccc3Cl)c2)c(OC)c1. The predicted octanol–water partition coefficient (Wildman–Crippen LogP) is 5.46. The van der Waals surface area contributed by atoms with Gasteiger partial charge in [0.25, 0.3) is 5.91 Å². The smallest absolute Gasteiger partial charge is 0.255 e. The van der Waals surface area contributed by atoms with Crippen molar-refractivity contribution in [2.45, 2.75) is 19.6 Å². The third-order valence-electron chi connectivity index (χ3n) is 6.22. The molecule has 0 spiro atoms. The van der Waals surface area contributed by atoms with E-state index in [1.54, 1.807) is 30.0 Å². The lowest BCUT2D eigenvalue weighted by molar-refractivity contribution is -0.113. The maximum atomic E-state index is 13.7. The summed E-state index contributed by atoms with van der Waals surface area (Å²) in [6.07, 6.45) is 1.45. The number of nitrogens with zero attached hydrogens (tertiary/aromatic N) is 3. The molecule has 1 atom stereocenters. The van der Waals surface area contributed by atoms with E-state index in [0.29, 0.717) is 51.8 Å². The third kappa shape index (κ3) is 5.01. The van der Waals surface area contributed by atoms with Gasteiger partial charge in [0, 0.05) is 22.3 Å². The molecule has 0 radical (unpaired) electrons. The minimum Gasteiger partial charge on any atom is -0.497 e. The number of benzene rings is 3. The van der Waals surface area contributed by atoms with Crippen molar-refractivity contribution >= 4 is 29.1 Å². The number of allylic oxidation sites excluding steroid dienone is 1. The zero-order chi connectivity index (χ0) is 26.6. The van der Waals surface area contributed by atoms with Gasteiger partial charge in [0.15, 0.2) is 0 Å². The van der Waals surface area contributed by atoms with Gasteiger partial charge in [-0.25, -0.2) is 4.68 Å². The lowest BCUT2D eigenvalue weighted by Crippen LogP contribution is -2.31. The third-order valence-corrected chi connectivity index (χ3v) is 6.59. The number of carbonyl (C=O) groups is 1. The second-order valence-corrected chi connectivity index (χ2v) is 8.97. The van der Waals surface area contributed by atoms with E-state index in [-0.39, 0.29) is 5.91 Å². The highest BCUT2D eigenvalue weighted by molar-refractivity contribution is 6.31. The van der Waals surface area contributed by atoms with Gasteiger partial charge < -0.3 is 24.8 Å². The number of amides is 1. The van der Waals surface area contributed by atoms with Crippen molar-refractivity contribution in [3.8, 4) is 17.2 Å². The summed E-state index contributed by atoms with van der Waals surface area (Å²) in [7, 11) is 3.11. The molecule has 9 nitrogen and oxygen atoms in total. The predicted molar refractivity (Wildman–Crippen MR) is 145 cm³/mol. The Hall–Kier alpha value is -4.50. The molecule has 0 unspecified atom stereocenters. The van der Waals surface area contributed by atoms with Crippen LogP contribution in [0, 0.1) is 0 Å². The first-order valence-electron chi connectivity index (χ1n) is 11.9. The monoisotopic (exact) mass is 531 g/mol. The van der Waals surface area contributed by atoms with Gasteiger partial charge in [-0.05, 0) is 42.8 Å². The molecular formula is C28H26ClN5O4. The maximum absolute atomic E-state index is 13.7. The molecule has 2 N–H and O–H groups in total. The number of hydrogen-bond donors (Lipinski definition) is 2. The molecule has 38 heavy (non-hydrogen) atoms. The molecule has 0 bridgehead atoms. The van der Waals surface area contributed by atoms with Crippen molar-refractivity contribution in [3.05, 3.63) is 100 Å². The largest absolute Gasteiger partial charge is 0.497 e. The van der Waals surface area contributed by atoms with Crippen LogP contribution in [0.2, 0.25) is 5.02 Å². The first-order valence-corrected chi connectivity index (χ1v) is 12.2. The van der Waals surface area contributed by atoms with Crippen LogP contribution >= 0.6 is 11.6 Å². The molecule has 10 heteroatoms. The van der Waals surface area contributed by atoms with Gasteiger partial charge in [-0.2, -0.15) is 10.1 Å². The summed E-state index contributed by atoms with van der Waals surface area (Å²) < 4.78 is 18.5. The Morgan fingerprint density at radius 1 is 1.05 bits per heavy atom. The second-order valence-electron chi connectivity index (χ2n) is 8.57. The number of halogens is 1. The molecule has 0 aliphatic carbocycles. The minimum atomic E-state index is -0.554. The number of rotatable bonds is 8. The average Bonchev–Trinajstić information content (AvgIpc) is 3.40. The number of anilines is 2. The second kappa shape index (κ2) is 10.9. The summed E-state index contributed by atoms with van der Waals surface area (Å²) in [6, 6.07) is 19.8. The van der Waals surface area contributed by atoms with Crippen LogP contribution in [0.3, 0.4) is 0 Å². The maximum Gasteiger partial charge on any atom is 0.255 e. The molecule has 3 aromatic carbocycles. The first-order chi connectivity index (χ1) is 18.5. The molecular weight excluding hydrogens is 506 g/mol. The van der Waals surface area contributed by atoms with Crippen LogP contribution in [0.1, 0.15) is 24.1 Å². The van der Waals surface area contributed by atoms with Crippen LogP contribution in [-0.4, -0.2) is 34.9 Å². The molecule has 4 aromatic rings. The topological polar surface area (TPSA) is 99.5 Å². The zero-order valence-electron chi connectivity index (χ0n) is 21.1. The fraction of sp³-hybridized carbons (Fsp3) is 0.179. The zero-order valence-corrected chi connectivity index (χ0v) is 21.8. The van der Waals surface area contributed by atoms with Crippen LogP contribution < -0.4 is 24.8 Å². The molecule has 0 saturated heterocycles. The van der Waals surface area contributed by atoms with Gasteiger partial charge in [0.1, 0.15) is 36.2 Å². The van der Waals surface area contributed by atoms with Crippen LogP contribution in [0.4, 0.5) is 11.6 Å². The van der Waals surface area contributed by atoms with Crippen LogP contribution in [0.15, 0.2) is 84.3 Å². The van der Waals surface area contributed by atoms with E-state index in [1.165, 1.54) is 13.4 Å². The number of carbonyl (C=O) groups excluding carboxylic acids is 1. The molecule has 0 fully saturated rings. The van der Waals surface area contributed by atoms with Crippen molar-refractivity contribution in [1.29, 1.82) is 0 Å². The summed E-state index contributed by atoms with van der Waals surface area (Å²) in [5.41, 5.74) is 3.33. The molecule has 1 aromatic heterocycles. The fourth-order valence-electron chi connectivity index (χ4n) is 4.34. The molecule has 194 valence electrons. The number of nitrogens with one attached hydrogen (secondary N) is 2. The van der Waals surface area contributed by atoms with Crippen molar-refractivity contribution in [1.82, 2.24) is 14.8 Å². The molecule has 1 aliphatic heterocycles. The number of aromatic nitrogens is 3. The normalized spacial score (nSPS) is 14.4. The first kappa shape index (κ1) is 25.2. The molecule has 1 aliphatic rings.